The highest BCUT2D eigenvalue weighted by Crippen LogP contribution is 2.61. The topological polar surface area (TPSA) is 300 Å². The van der Waals surface area contributed by atoms with Crippen molar-refractivity contribution < 1.29 is 66.1 Å². The quantitative estimate of drug-likeness (QED) is 0.0567. The molecule has 12 heterocycles. The van der Waals surface area contributed by atoms with Gasteiger partial charge in [0.1, 0.15) is 79.2 Å². The number of alkyl halides is 3. The largest absolute Gasteiger partial charge is 0.480 e. The van der Waals surface area contributed by atoms with Gasteiger partial charge in [0.2, 0.25) is 11.8 Å². The number of hydrogen-bond acceptors (Lipinski definition) is 21. The summed E-state index contributed by atoms with van der Waals surface area (Å²) in [6.07, 6.45) is -1.56. The van der Waals surface area contributed by atoms with Crippen molar-refractivity contribution in [3.05, 3.63) is 241 Å². The zero-order valence-electron chi connectivity index (χ0n) is 83.9. The van der Waals surface area contributed by atoms with E-state index in [2.05, 4.69) is 93.0 Å². The van der Waals surface area contributed by atoms with E-state index in [9.17, 15) is 52.2 Å². The molecule has 7 amide bonds. The molecule has 0 saturated carbocycles. The lowest BCUT2D eigenvalue weighted by Gasteiger charge is -2.37. The van der Waals surface area contributed by atoms with Crippen LogP contribution in [0.3, 0.4) is 0 Å². The van der Waals surface area contributed by atoms with E-state index in [4.69, 9.17) is 99.8 Å². The second-order valence-electron chi connectivity index (χ2n) is 42.2. The van der Waals surface area contributed by atoms with E-state index in [1.165, 1.54) is 45.1 Å². The van der Waals surface area contributed by atoms with Gasteiger partial charge in [-0.2, -0.15) is 0 Å². The highest BCUT2D eigenvalue weighted by atomic mass is 35.5. The molecular weight excluding hydrogens is 2030 g/mol. The second-order valence-corrected chi connectivity index (χ2v) is 47.7. The smallest absolute Gasteiger partial charge is 0.408 e. The molecule has 6 saturated heterocycles. The van der Waals surface area contributed by atoms with Crippen LogP contribution in [0, 0.1) is 17.8 Å². The maximum absolute atomic E-state index is 15.1. The Balaban J connectivity index is 0.000000153. The molecule has 26 nitrogen and oxygen atoms in total. The molecule has 0 radical (unpaired) electrons. The van der Waals surface area contributed by atoms with Gasteiger partial charge in [-0.3, -0.25) is 24.0 Å². The minimum absolute atomic E-state index is 0.00250. The van der Waals surface area contributed by atoms with E-state index in [1.807, 2.05) is 166 Å². The molecule has 144 heavy (non-hydrogen) atoms. The minimum Gasteiger partial charge on any atom is -0.480 e. The molecule has 0 aromatic heterocycles. The second kappa shape index (κ2) is 43.5. The van der Waals surface area contributed by atoms with Crippen molar-refractivity contribution in [2.24, 2.45) is 38.5 Å². The molecule has 772 valence electrons. The molecular formula is C106H126Cl6F3N15O11S3. The van der Waals surface area contributed by atoms with Crippen LogP contribution in [0.1, 0.15) is 215 Å². The number of nitrogens with one attached hydrogen (secondary N) is 3. The number of fused-ring (bicyclic) bond motifs is 3. The Morgan fingerprint density at radius 2 is 0.701 bits per heavy atom. The fourth-order valence-corrected chi connectivity index (χ4v) is 26.2. The van der Waals surface area contributed by atoms with Gasteiger partial charge in [-0.25, -0.2) is 42.5 Å². The number of amides is 7. The van der Waals surface area contributed by atoms with Gasteiger partial charge in [-0.05, 0) is 281 Å². The van der Waals surface area contributed by atoms with Gasteiger partial charge in [0.15, 0.2) is 15.5 Å². The lowest BCUT2D eigenvalue weighted by molar-refractivity contribution is -0.147. The number of likely N-dealkylation sites (tertiary alicyclic amines) is 5. The third kappa shape index (κ3) is 22.4. The van der Waals surface area contributed by atoms with Crippen LogP contribution in [0.5, 0.6) is 0 Å². The van der Waals surface area contributed by atoms with Gasteiger partial charge in [0.05, 0.1) is 49.3 Å². The van der Waals surface area contributed by atoms with Gasteiger partial charge < -0.3 is 75.5 Å². The zero-order chi connectivity index (χ0) is 104. The Morgan fingerprint density at radius 3 is 0.979 bits per heavy atom. The number of amidine groups is 3. The molecule has 12 aliphatic rings. The number of nitrogens with two attached hydrogens (primary N) is 1. The Kier molecular flexibility index (Phi) is 33.0. The van der Waals surface area contributed by atoms with Crippen molar-refractivity contribution >= 4 is 168 Å². The van der Waals surface area contributed by atoms with E-state index >= 15 is 4.39 Å². The Bertz CT molecular complexity index is 6070. The lowest BCUT2D eigenvalue weighted by atomic mass is 9.81. The Labute approximate surface area is 883 Å². The monoisotopic (exact) mass is 2150 g/mol. The summed E-state index contributed by atoms with van der Waals surface area (Å²) < 4.78 is 52.7. The van der Waals surface area contributed by atoms with Crippen LogP contribution in [-0.2, 0) is 54.9 Å². The van der Waals surface area contributed by atoms with Crippen molar-refractivity contribution in [2.75, 3.05) is 39.3 Å². The van der Waals surface area contributed by atoms with Crippen molar-refractivity contribution in [1.82, 2.24) is 55.1 Å². The number of aliphatic imine (C=N–C) groups is 3. The molecule has 6 unspecified atom stereocenters. The number of ether oxygens (including phenoxy) is 2. The third-order valence-electron chi connectivity index (χ3n) is 28.4. The van der Waals surface area contributed by atoms with Gasteiger partial charge in [-0.1, -0.05) is 184 Å². The summed E-state index contributed by atoms with van der Waals surface area (Å²) in [7, 11) is 0. The van der Waals surface area contributed by atoms with Crippen molar-refractivity contribution in [2.45, 2.75) is 282 Å². The molecule has 0 aliphatic carbocycles. The maximum atomic E-state index is 15.1. The number of carbonyl (C=O) groups is 8. The predicted octanol–water partition coefficient (Wildman–Crippen LogP) is 21.3. The number of aliphatic carboxylic acids is 1. The summed E-state index contributed by atoms with van der Waals surface area (Å²) in [6, 6.07) is 40.9. The summed E-state index contributed by atoms with van der Waals surface area (Å²) in [5.41, 5.74) is 11.2. The summed E-state index contributed by atoms with van der Waals surface area (Å²) in [4.78, 5) is 138. The van der Waals surface area contributed by atoms with Crippen LogP contribution in [0.2, 0.25) is 30.1 Å². The van der Waals surface area contributed by atoms with Crippen LogP contribution in [0.25, 0.3) is 0 Å². The number of alkyl carbamates (subject to hydrolysis) is 2. The van der Waals surface area contributed by atoms with E-state index in [0.717, 1.165) is 60.8 Å². The van der Waals surface area contributed by atoms with Crippen molar-refractivity contribution in [3.63, 3.8) is 0 Å². The first-order valence-corrected chi connectivity index (χ1v) is 53.6. The van der Waals surface area contributed by atoms with Crippen LogP contribution >= 0.6 is 105 Å². The molecule has 0 bridgehead atoms. The first kappa shape index (κ1) is 109. The normalized spacial score (nSPS) is 28.5. The average molecular weight is 2150 g/mol. The molecule has 6 fully saturated rings. The van der Waals surface area contributed by atoms with Crippen molar-refractivity contribution in [1.29, 1.82) is 0 Å². The van der Waals surface area contributed by atoms with Crippen LogP contribution in [0.15, 0.2) is 192 Å². The molecule has 6 aromatic rings. The number of hydrogen-bond donors (Lipinski definition) is 5. The molecule has 38 heteroatoms. The Hall–Kier alpha value is -9.19. The first-order chi connectivity index (χ1) is 67.8. The number of carboxylic acid groups (broad SMARTS) is 1. The molecule has 12 aliphatic heterocycles. The third-order valence-corrected chi connectivity index (χ3v) is 33.1. The number of benzene rings is 6. The number of thioether (sulfide) groups is 3. The number of allylic oxidation sites excluding steroid dienone is 3. The predicted molar refractivity (Wildman–Crippen MR) is 566 cm³/mol. The number of carboxylic acids is 1. The maximum Gasteiger partial charge on any atom is 0.408 e. The van der Waals surface area contributed by atoms with Crippen molar-refractivity contribution in [3.8, 4) is 0 Å². The highest BCUT2D eigenvalue weighted by molar-refractivity contribution is 8.18. The van der Waals surface area contributed by atoms with Crippen LogP contribution in [-0.4, -0.2) is 231 Å². The summed E-state index contributed by atoms with van der Waals surface area (Å²) in [6.45, 7) is 35.7. The lowest BCUT2D eigenvalue weighted by Crippen LogP contribution is -2.50. The van der Waals surface area contributed by atoms with E-state index in [-0.39, 0.29) is 110 Å². The minimum atomic E-state index is -1.46. The van der Waals surface area contributed by atoms with Gasteiger partial charge in [0.25, 0.3) is 17.7 Å². The van der Waals surface area contributed by atoms with E-state index in [0.29, 0.717) is 102 Å². The van der Waals surface area contributed by atoms with Crippen LogP contribution < -0.4 is 21.7 Å². The fraction of sp³-hybridized carbons (Fsp3) is 0.500. The van der Waals surface area contributed by atoms with Crippen LogP contribution in [0.4, 0.5) is 22.8 Å². The number of halogens is 9. The standard InChI is InChI=1S/C37H44Cl2FN5O4S.C32H36Cl2FN5O2S.C28H29Cl2N3O3S.C9H17FN2O2/c1-20(2)29-30(50-34-42-37(7,23-11-15-25(39)16-12-23)31(45(29)34)22-9-13-24(38)14-10-22)33(47)44-21(3)8-17-28(44)32(46)43-18-26(40)27(19-43)41-35(48)49-36(4,5)6;1-17(2)26-27(30(42)39-18(3)5-14-25(39)29(41)38-15-23(35)24(36)16-38)43-31-37-32(4,20-8-12-22(34)13-9-20)28(40(26)31)19-6-10-21(33)11-7-19;1-15(2)22-23(25(34)32-16(3)5-14-21(32)26(35)36)37-27-31-28(4,18-8-12-20(30)13-9-18)24(33(22)27)17-6-10-19(29)11-7-17;1-9(2,3)14-8(13)12-7-5-11-4-6(7)10/h9-16,20-21,26-28,31H,8,17-19H2,1-7H3,(H,41,48);6-13,17-18,23-25,28H,5,14-16,36H2,1-4H3;6-13,15-16,21,24H,5,14H2,1-4H3,(H,35,36);6-7,11H,4-5H2,1-3H3,(H,12,13)/t21-,26?,27?,28+,31-,37+;18-,23?,24?,25+,28-,32+;16-,21+,24-,28+;/m111./s1. The summed E-state index contributed by atoms with van der Waals surface area (Å²) in [5.74, 6) is -2.23. The number of nitrogens with zero attached hydrogens (tertiary/aromatic N) is 11. The zero-order valence-corrected chi connectivity index (χ0v) is 90.9. The highest BCUT2D eigenvalue weighted by Gasteiger charge is 2.60. The summed E-state index contributed by atoms with van der Waals surface area (Å²) >= 11 is 41.6. The fourth-order valence-electron chi connectivity index (χ4n) is 21.4. The van der Waals surface area contributed by atoms with Gasteiger partial charge in [0, 0.05) is 91.5 Å². The molecule has 18 atom stereocenters. The molecule has 0 spiro atoms. The van der Waals surface area contributed by atoms with Gasteiger partial charge in [-0.15, -0.1) is 0 Å². The first-order valence-electron chi connectivity index (χ1n) is 48.9. The van der Waals surface area contributed by atoms with E-state index in [1.54, 1.807) is 56.2 Å². The average Bonchev–Trinajstić information content (AvgIpc) is 1.56. The number of carbonyl (C=O) groups excluding carboxylic acids is 7. The number of rotatable bonds is 17. The Morgan fingerprint density at radius 1 is 0.417 bits per heavy atom. The summed E-state index contributed by atoms with van der Waals surface area (Å²) in [5, 5.41) is 23.7. The molecule has 6 aromatic carbocycles. The van der Waals surface area contributed by atoms with Gasteiger partial charge >= 0.3 is 18.2 Å². The SMILES string of the molecule is CC(C)(C)OC(=O)NC1CNCC1F.CC(C)C1=C(C(=O)N2[C@H](C)CC[C@H]2C(=O)N2CC(F)C(NC(=O)OC(C)(C)C)C2)SC2=N[C@@](C)(c3ccc(Cl)cc3)[C@@H](c3ccc(Cl)cc3)N21.CC(C)C1=C(C(=O)N2[C@H](C)CC[C@H]2C(=O)N2CC(N)C(F)C2)SC2=N[C@@](C)(c3ccc(Cl)cc3)[C@@H](c3ccc(Cl)cc3)N21.CC(C)C1=C(C(=O)N2[C@H](C)CC[C@H]2C(=O)O)SC2=N[C@@](C)(c3ccc(Cl)cc3)[C@@H](c3ccc(Cl)cc3)N21. The van der Waals surface area contributed by atoms with E-state index < -0.39 is 101 Å². The molecule has 6 N–H and O–H groups in total. The molecule has 18 rings (SSSR count).